The van der Waals surface area contributed by atoms with E-state index in [0.29, 0.717) is 23.3 Å². The molecule has 112 valence electrons. The molecule has 0 amide bonds. The van der Waals surface area contributed by atoms with E-state index in [4.69, 9.17) is 4.74 Å². The molecule has 2 aromatic rings. The lowest BCUT2D eigenvalue weighted by molar-refractivity contribution is 0.338. The van der Waals surface area contributed by atoms with Crippen molar-refractivity contribution < 1.29 is 4.74 Å². The van der Waals surface area contributed by atoms with Gasteiger partial charge in [0.1, 0.15) is 10.2 Å². The molecule has 0 radical (unpaired) electrons. The number of anilines is 1. The highest BCUT2D eigenvalue weighted by Crippen LogP contribution is 2.21. The van der Waals surface area contributed by atoms with Crippen molar-refractivity contribution in [2.45, 2.75) is 20.4 Å². The Balaban J connectivity index is 2.12. The molecule has 0 saturated heterocycles. The topological polar surface area (TPSA) is 56.1 Å². The van der Waals surface area contributed by atoms with Crippen LogP contribution in [0.5, 0.6) is 5.75 Å². The molecule has 0 aliphatic rings. The molecule has 1 N–H and O–H groups in total. The Morgan fingerprint density at radius 1 is 1.43 bits per heavy atom. The van der Waals surface area contributed by atoms with Gasteiger partial charge in [-0.1, -0.05) is 12.1 Å². The predicted molar refractivity (Wildman–Crippen MR) is 86.9 cm³/mol. The number of halogens is 1. The summed E-state index contributed by atoms with van der Waals surface area (Å²) in [6, 6.07) is 6.04. The second-order valence-electron chi connectivity index (χ2n) is 4.69. The average Bonchev–Trinajstić information content (AvgIpc) is 2.47. The van der Waals surface area contributed by atoms with E-state index in [1.54, 1.807) is 13.2 Å². The third kappa shape index (κ3) is 3.64. The third-order valence-electron chi connectivity index (χ3n) is 3.10. The molecule has 1 aromatic heterocycles. The van der Waals surface area contributed by atoms with Crippen molar-refractivity contribution in [3.63, 3.8) is 0 Å². The van der Waals surface area contributed by atoms with E-state index in [9.17, 15) is 4.79 Å². The van der Waals surface area contributed by atoms with Crippen molar-refractivity contribution in [3.05, 3.63) is 50.3 Å². The van der Waals surface area contributed by atoms with Crippen molar-refractivity contribution in [2.24, 2.45) is 7.05 Å². The first-order valence-electron chi connectivity index (χ1n) is 6.71. The molecule has 1 aromatic carbocycles. The summed E-state index contributed by atoms with van der Waals surface area (Å²) in [4.78, 5) is 11.8. The first kappa shape index (κ1) is 15.6. The minimum absolute atomic E-state index is 0.164. The van der Waals surface area contributed by atoms with Gasteiger partial charge in [-0.05, 0) is 47.0 Å². The molecule has 0 unspecified atom stereocenters. The van der Waals surface area contributed by atoms with Gasteiger partial charge in [0.05, 0.1) is 18.5 Å². The number of nitrogens with zero attached hydrogens (tertiary/aromatic N) is 2. The minimum Gasteiger partial charge on any atom is -0.494 e. The fourth-order valence-corrected chi connectivity index (χ4v) is 2.47. The summed E-state index contributed by atoms with van der Waals surface area (Å²) < 4.78 is 7.30. The molecule has 0 bridgehead atoms. The first-order valence-corrected chi connectivity index (χ1v) is 7.50. The second kappa shape index (κ2) is 6.76. The maximum Gasteiger partial charge on any atom is 0.282 e. The molecule has 1 heterocycles. The molecule has 2 rings (SSSR count). The zero-order valence-electron chi connectivity index (χ0n) is 12.3. The van der Waals surface area contributed by atoms with E-state index in [1.807, 2.05) is 26.0 Å². The van der Waals surface area contributed by atoms with Gasteiger partial charge in [0.2, 0.25) is 0 Å². The molecule has 0 aliphatic heterocycles. The maximum absolute atomic E-state index is 11.8. The number of aryl methyl sites for hydroxylation is 2. The highest BCUT2D eigenvalue weighted by Gasteiger charge is 2.07. The molecule has 6 heteroatoms. The standard InChI is InChI=1S/C15H18BrN3O2/c1-4-21-13-6-5-11(7-10(13)2)8-17-12-9-18-19(3)15(20)14(12)16/h5-7,9,17H,4,8H2,1-3H3. The first-order chi connectivity index (χ1) is 10.0. The van der Waals surface area contributed by atoms with Crippen LogP contribution < -0.4 is 15.6 Å². The number of aromatic nitrogens is 2. The van der Waals surface area contributed by atoms with Gasteiger partial charge in [0, 0.05) is 13.6 Å². The van der Waals surface area contributed by atoms with Crippen LogP contribution in [0.1, 0.15) is 18.1 Å². The lowest BCUT2D eigenvalue weighted by Crippen LogP contribution is -2.21. The number of hydrogen-bond donors (Lipinski definition) is 1. The van der Waals surface area contributed by atoms with E-state index in [-0.39, 0.29) is 5.56 Å². The van der Waals surface area contributed by atoms with E-state index in [0.717, 1.165) is 16.9 Å². The summed E-state index contributed by atoms with van der Waals surface area (Å²) >= 11 is 3.30. The highest BCUT2D eigenvalue weighted by atomic mass is 79.9. The Morgan fingerprint density at radius 3 is 2.86 bits per heavy atom. The summed E-state index contributed by atoms with van der Waals surface area (Å²) in [5.74, 6) is 0.901. The average molecular weight is 352 g/mol. The van der Waals surface area contributed by atoms with Crippen molar-refractivity contribution in [1.82, 2.24) is 9.78 Å². The van der Waals surface area contributed by atoms with Crippen molar-refractivity contribution in [3.8, 4) is 5.75 Å². The van der Waals surface area contributed by atoms with Crippen LogP contribution in [0.15, 0.2) is 33.7 Å². The molecule has 21 heavy (non-hydrogen) atoms. The molecule has 0 fully saturated rings. The largest absolute Gasteiger partial charge is 0.494 e. The van der Waals surface area contributed by atoms with Crippen LogP contribution in [0.2, 0.25) is 0 Å². The van der Waals surface area contributed by atoms with E-state index < -0.39 is 0 Å². The van der Waals surface area contributed by atoms with Crippen LogP contribution in [0.4, 0.5) is 5.69 Å². The zero-order valence-corrected chi connectivity index (χ0v) is 13.9. The smallest absolute Gasteiger partial charge is 0.282 e. The van der Waals surface area contributed by atoms with Crippen LogP contribution in [0.3, 0.4) is 0 Å². The van der Waals surface area contributed by atoms with E-state index in [2.05, 4.69) is 32.4 Å². The number of nitrogens with one attached hydrogen (secondary N) is 1. The lowest BCUT2D eigenvalue weighted by atomic mass is 10.1. The van der Waals surface area contributed by atoms with Gasteiger partial charge < -0.3 is 10.1 Å². The fraction of sp³-hybridized carbons (Fsp3) is 0.333. The Hall–Kier alpha value is -1.82. The van der Waals surface area contributed by atoms with E-state index >= 15 is 0 Å². The Kier molecular flexibility index (Phi) is 5.01. The summed E-state index contributed by atoms with van der Waals surface area (Å²) in [7, 11) is 1.62. The van der Waals surface area contributed by atoms with Crippen molar-refractivity contribution >= 4 is 21.6 Å². The van der Waals surface area contributed by atoms with Crippen LogP contribution >= 0.6 is 15.9 Å². The molecular formula is C15H18BrN3O2. The lowest BCUT2D eigenvalue weighted by Gasteiger charge is -2.11. The predicted octanol–water partition coefficient (Wildman–Crippen LogP) is 2.86. The van der Waals surface area contributed by atoms with Gasteiger partial charge in [-0.15, -0.1) is 0 Å². The van der Waals surface area contributed by atoms with Crippen molar-refractivity contribution in [2.75, 3.05) is 11.9 Å². The van der Waals surface area contributed by atoms with Crippen LogP contribution in [0, 0.1) is 6.92 Å². The number of ether oxygens (including phenoxy) is 1. The van der Waals surface area contributed by atoms with Gasteiger partial charge in [0.25, 0.3) is 5.56 Å². The molecule has 0 atom stereocenters. The minimum atomic E-state index is -0.164. The molecule has 5 nitrogen and oxygen atoms in total. The molecule has 0 spiro atoms. The van der Waals surface area contributed by atoms with Crippen molar-refractivity contribution in [1.29, 1.82) is 0 Å². The summed E-state index contributed by atoms with van der Waals surface area (Å²) in [6.45, 7) is 5.25. The number of hydrogen-bond acceptors (Lipinski definition) is 4. The Morgan fingerprint density at radius 2 is 2.19 bits per heavy atom. The number of benzene rings is 1. The van der Waals surface area contributed by atoms with Gasteiger partial charge in [-0.3, -0.25) is 4.79 Å². The summed E-state index contributed by atoms with van der Waals surface area (Å²) in [5.41, 5.74) is 2.73. The maximum atomic E-state index is 11.8. The second-order valence-corrected chi connectivity index (χ2v) is 5.48. The van der Waals surface area contributed by atoms with Gasteiger partial charge in [-0.2, -0.15) is 5.10 Å². The summed E-state index contributed by atoms with van der Waals surface area (Å²) in [5, 5.41) is 7.21. The zero-order chi connectivity index (χ0) is 15.4. The van der Waals surface area contributed by atoms with E-state index in [1.165, 1.54) is 4.68 Å². The van der Waals surface area contributed by atoms with Gasteiger partial charge in [0.15, 0.2) is 0 Å². The Labute approximate surface area is 132 Å². The van der Waals surface area contributed by atoms with Crippen LogP contribution in [0.25, 0.3) is 0 Å². The van der Waals surface area contributed by atoms with Gasteiger partial charge >= 0.3 is 0 Å². The molecular weight excluding hydrogens is 334 g/mol. The van der Waals surface area contributed by atoms with Gasteiger partial charge in [-0.25, -0.2) is 4.68 Å². The Bertz CT molecular complexity index is 698. The quantitative estimate of drug-likeness (QED) is 0.899. The van der Waals surface area contributed by atoms with Crippen LogP contribution in [-0.4, -0.2) is 16.4 Å². The summed E-state index contributed by atoms with van der Waals surface area (Å²) in [6.07, 6.45) is 1.63. The highest BCUT2D eigenvalue weighted by molar-refractivity contribution is 9.10. The number of rotatable bonds is 5. The molecule has 0 aliphatic carbocycles. The monoisotopic (exact) mass is 351 g/mol. The fourth-order valence-electron chi connectivity index (χ4n) is 1.97. The molecule has 0 saturated carbocycles. The SMILES string of the molecule is CCOc1ccc(CNc2cnn(C)c(=O)c2Br)cc1C. The third-order valence-corrected chi connectivity index (χ3v) is 3.87. The van der Waals surface area contributed by atoms with Crippen LogP contribution in [-0.2, 0) is 13.6 Å². The normalized spacial score (nSPS) is 10.5.